The Balaban J connectivity index is 2.49. The average Bonchev–Trinajstić information content (AvgIpc) is 2.85. The van der Waals surface area contributed by atoms with Gasteiger partial charge < -0.3 is 15.5 Å². The number of nitrogen functional groups attached to an aromatic ring is 1. The van der Waals surface area contributed by atoms with Crippen LogP contribution in [0, 0.1) is 0 Å². The average molecular weight is 312 g/mol. The van der Waals surface area contributed by atoms with E-state index in [0.717, 1.165) is 6.42 Å². The van der Waals surface area contributed by atoms with Gasteiger partial charge in [-0.15, -0.1) is 0 Å². The van der Waals surface area contributed by atoms with Gasteiger partial charge in [0.2, 0.25) is 15.9 Å². The minimum Gasteiger partial charge on any atom is -0.399 e. The van der Waals surface area contributed by atoms with Gasteiger partial charge in [-0.2, -0.15) is 0 Å². The molecular formula is C13H20N4O3S. The zero-order chi connectivity index (χ0) is 15.8. The van der Waals surface area contributed by atoms with E-state index in [4.69, 9.17) is 10.9 Å². The standard InChI is InChI=1S/C13H20N4O3S/c1-16(2)13(18)11-4-3-7-17(11)10-6-5-9(14)8-12(10)21(15,19)20/h5-6,8,11H,3-4,7,14H2,1-2H3,(H2,15,19,20). The van der Waals surface area contributed by atoms with E-state index in [9.17, 15) is 13.2 Å². The van der Waals surface area contributed by atoms with E-state index in [1.165, 1.54) is 11.0 Å². The molecule has 1 aromatic rings. The number of nitrogens with zero attached hydrogens (tertiary/aromatic N) is 2. The molecule has 0 aliphatic carbocycles. The maximum atomic E-state index is 12.2. The summed E-state index contributed by atoms with van der Waals surface area (Å²) in [7, 11) is -0.543. The second-order valence-electron chi connectivity index (χ2n) is 5.36. The third kappa shape index (κ3) is 3.11. The lowest BCUT2D eigenvalue weighted by Gasteiger charge is -2.29. The number of carbonyl (C=O) groups is 1. The molecule has 1 unspecified atom stereocenters. The molecule has 1 aliphatic rings. The predicted octanol–water partition coefficient (Wildman–Crippen LogP) is -0.0268. The van der Waals surface area contributed by atoms with Crippen molar-refractivity contribution in [3.63, 3.8) is 0 Å². The first-order chi connectivity index (χ1) is 9.71. The van der Waals surface area contributed by atoms with Crippen LogP contribution in [0.1, 0.15) is 12.8 Å². The molecular weight excluding hydrogens is 292 g/mol. The number of likely N-dealkylation sites (N-methyl/N-ethyl adjacent to an activating group) is 1. The predicted molar refractivity (Wildman–Crippen MR) is 81.3 cm³/mol. The summed E-state index contributed by atoms with van der Waals surface area (Å²) in [6, 6.07) is 4.18. The van der Waals surface area contributed by atoms with Gasteiger partial charge in [0.1, 0.15) is 10.9 Å². The maximum absolute atomic E-state index is 12.2. The number of benzene rings is 1. The number of hydrogen-bond acceptors (Lipinski definition) is 5. The fourth-order valence-corrected chi connectivity index (χ4v) is 3.38. The summed E-state index contributed by atoms with van der Waals surface area (Å²) < 4.78 is 23.5. The molecule has 0 aromatic heterocycles. The van der Waals surface area contributed by atoms with Gasteiger partial charge in [-0.25, -0.2) is 13.6 Å². The van der Waals surface area contributed by atoms with E-state index in [1.54, 1.807) is 31.1 Å². The van der Waals surface area contributed by atoms with Gasteiger partial charge in [-0.3, -0.25) is 4.79 Å². The van der Waals surface area contributed by atoms with Gasteiger partial charge >= 0.3 is 0 Å². The molecule has 116 valence electrons. The van der Waals surface area contributed by atoms with Crippen molar-refractivity contribution in [1.82, 2.24) is 4.90 Å². The van der Waals surface area contributed by atoms with Crippen LogP contribution in [0.2, 0.25) is 0 Å². The number of amides is 1. The molecule has 0 radical (unpaired) electrons. The van der Waals surface area contributed by atoms with Crippen molar-refractivity contribution in [3.05, 3.63) is 18.2 Å². The zero-order valence-corrected chi connectivity index (χ0v) is 12.9. The topological polar surface area (TPSA) is 110 Å². The second-order valence-corrected chi connectivity index (χ2v) is 6.89. The van der Waals surface area contributed by atoms with E-state index < -0.39 is 10.0 Å². The molecule has 8 heteroatoms. The van der Waals surface area contributed by atoms with Gasteiger partial charge in [-0.1, -0.05) is 0 Å². The van der Waals surface area contributed by atoms with Gasteiger partial charge in [0.05, 0.1) is 5.69 Å². The van der Waals surface area contributed by atoms with Crippen molar-refractivity contribution in [1.29, 1.82) is 0 Å². The highest BCUT2D eigenvalue weighted by Gasteiger charge is 2.34. The molecule has 1 aromatic carbocycles. The highest BCUT2D eigenvalue weighted by molar-refractivity contribution is 7.89. The Morgan fingerprint density at radius 2 is 2.05 bits per heavy atom. The van der Waals surface area contributed by atoms with Crippen LogP contribution in [0.25, 0.3) is 0 Å². The van der Waals surface area contributed by atoms with E-state index in [0.29, 0.717) is 24.3 Å². The molecule has 2 rings (SSSR count). The van der Waals surface area contributed by atoms with Crippen molar-refractivity contribution < 1.29 is 13.2 Å². The highest BCUT2D eigenvalue weighted by atomic mass is 32.2. The lowest BCUT2D eigenvalue weighted by Crippen LogP contribution is -2.43. The molecule has 7 nitrogen and oxygen atoms in total. The van der Waals surface area contributed by atoms with Crippen LogP contribution >= 0.6 is 0 Å². The first-order valence-electron chi connectivity index (χ1n) is 6.62. The summed E-state index contributed by atoms with van der Waals surface area (Å²) in [5, 5.41) is 5.27. The normalized spacial score (nSPS) is 18.8. The molecule has 1 fully saturated rings. The molecule has 0 saturated carbocycles. The number of rotatable bonds is 3. The van der Waals surface area contributed by atoms with Crippen LogP contribution in [-0.4, -0.2) is 45.9 Å². The number of hydrogen-bond donors (Lipinski definition) is 2. The third-order valence-electron chi connectivity index (χ3n) is 3.58. The first-order valence-corrected chi connectivity index (χ1v) is 8.16. The SMILES string of the molecule is CN(C)C(=O)C1CCCN1c1ccc(N)cc1S(N)(=O)=O. The third-order valence-corrected chi connectivity index (χ3v) is 4.52. The van der Waals surface area contributed by atoms with Crippen LogP contribution in [0.4, 0.5) is 11.4 Å². The summed E-state index contributed by atoms with van der Waals surface area (Å²) in [4.78, 5) is 15.5. The quantitative estimate of drug-likeness (QED) is 0.762. The van der Waals surface area contributed by atoms with Crippen molar-refractivity contribution in [2.45, 2.75) is 23.8 Å². The fraction of sp³-hybridized carbons (Fsp3) is 0.462. The maximum Gasteiger partial charge on any atom is 0.244 e. The van der Waals surface area contributed by atoms with Gasteiger partial charge in [0.15, 0.2) is 0 Å². The van der Waals surface area contributed by atoms with Crippen molar-refractivity contribution in [2.24, 2.45) is 5.14 Å². The van der Waals surface area contributed by atoms with Crippen molar-refractivity contribution in [3.8, 4) is 0 Å². The molecule has 1 amide bonds. The van der Waals surface area contributed by atoms with Crippen molar-refractivity contribution >= 4 is 27.3 Å². The number of primary sulfonamides is 1. The van der Waals surface area contributed by atoms with Crippen LogP contribution in [0.5, 0.6) is 0 Å². The van der Waals surface area contributed by atoms with Crippen molar-refractivity contribution in [2.75, 3.05) is 31.3 Å². The van der Waals surface area contributed by atoms with E-state index >= 15 is 0 Å². The number of nitrogens with two attached hydrogens (primary N) is 2. The van der Waals surface area contributed by atoms with Gasteiger partial charge in [-0.05, 0) is 31.0 Å². The molecule has 1 atom stereocenters. The monoisotopic (exact) mass is 312 g/mol. The Bertz CT molecular complexity index is 657. The Labute approximate surface area is 124 Å². The molecule has 1 aliphatic heterocycles. The first kappa shape index (κ1) is 15.6. The lowest BCUT2D eigenvalue weighted by molar-refractivity contribution is -0.129. The van der Waals surface area contributed by atoms with Gasteiger partial charge in [0, 0.05) is 26.3 Å². The lowest BCUT2D eigenvalue weighted by atomic mass is 10.2. The molecule has 1 heterocycles. The number of sulfonamides is 1. The summed E-state index contributed by atoms with van der Waals surface area (Å²) >= 11 is 0. The molecule has 0 spiro atoms. The Morgan fingerprint density at radius 1 is 1.38 bits per heavy atom. The number of anilines is 2. The van der Waals surface area contributed by atoms with Crippen LogP contribution < -0.4 is 15.8 Å². The Kier molecular flexibility index (Phi) is 4.11. The zero-order valence-electron chi connectivity index (χ0n) is 12.1. The largest absolute Gasteiger partial charge is 0.399 e. The molecule has 0 bridgehead atoms. The van der Waals surface area contributed by atoms with Crippen LogP contribution in [0.15, 0.2) is 23.1 Å². The van der Waals surface area contributed by atoms with Gasteiger partial charge in [0.25, 0.3) is 0 Å². The Morgan fingerprint density at radius 3 is 2.62 bits per heavy atom. The number of carbonyl (C=O) groups excluding carboxylic acids is 1. The minimum absolute atomic E-state index is 0.0408. The summed E-state index contributed by atoms with van der Waals surface area (Å²) in [6.07, 6.45) is 1.50. The summed E-state index contributed by atoms with van der Waals surface area (Å²) in [5.74, 6) is -0.0512. The highest BCUT2D eigenvalue weighted by Crippen LogP contribution is 2.32. The van der Waals surface area contributed by atoms with Crippen LogP contribution in [-0.2, 0) is 14.8 Å². The van der Waals surface area contributed by atoms with E-state index in [2.05, 4.69) is 0 Å². The fourth-order valence-electron chi connectivity index (χ4n) is 2.61. The van der Waals surface area contributed by atoms with E-state index in [1.807, 2.05) is 0 Å². The van der Waals surface area contributed by atoms with E-state index in [-0.39, 0.29) is 16.8 Å². The smallest absolute Gasteiger partial charge is 0.244 e. The summed E-state index contributed by atoms with van der Waals surface area (Å²) in [5.41, 5.74) is 6.40. The molecule has 4 N–H and O–H groups in total. The second kappa shape index (κ2) is 5.53. The Hall–Kier alpha value is -1.80. The van der Waals surface area contributed by atoms with Crippen LogP contribution in [0.3, 0.4) is 0 Å². The molecule has 21 heavy (non-hydrogen) atoms. The minimum atomic E-state index is -3.91. The summed E-state index contributed by atoms with van der Waals surface area (Å²) in [6.45, 7) is 0.608. The molecule has 1 saturated heterocycles.